The zero-order chi connectivity index (χ0) is 18.8. The van der Waals surface area contributed by atoms with E-state index in [1.165, 1.54) is 10.5 Å². The summed E-state index contributed by atoms with van der Waals surface area (Å²) in [6, 6.07) is 17.7. The Labute approximate surface area is 157 Å². The molecule has 0 bridgehead atoms. The van der Waals surface area contributed by atoms with E-state index >= 15 is 0 Å². The minimum atomic E-state index is -0.360. The number of imide groups is 1. The molecule has 0 unspecified atom stereocenters. The summed E-state index contributed by atoms with van der Waals surface area (Å²) in [6.07, 6.45) is 2.26. The molecule has 27 heavy (non-hydrogen) atoms. The number of carbonyl (C=O) groups is 3. The SMILES string of the molecule is O=C1CN(Cc2ccc(N3C(=O)CC[C@H]3Cc3ccccc3)cc2)C(=O)N1. The summed E-state index contributed by atoms with van der Waals surface area (Å²) in [5, 5.41) is 2.27. The Bertz CT molecular complexity index is 864. The zero-order valence-electron chi connectivity index (χ0n) is 14.9. The van der Waals surface area contributed by atoms with E-state index in [4.69, 9.17) is 0 Å². The summed E-state index contributed by atoms with van der Waals surface area (Å²) in [5.41, 5.74) is 3.03. The lowest BCUT2D eigenvalue weighted by Gasteiger charge is -2.25. The first-order valence-electron chi connectivity index (χ1n) is 9.14. The van der Waals surface area contributed by atoms with Crippen LogP contribution in [0.4, 0.5) is 10.5 Å². The second-order valence-corrected chi connectivity index (χ2v) is 7.02. The van der Waals surface area contributed by atoms with Crippen molar-refractivity contribution < 1.29 is 14.4 Å². The van der Waals surface area contributed by atoms with Crippen molar-refractivity contribution in [3.63, 3.8) is 0 Å². The number of hydrogen-bond acceptors (Lipinski definition) is 3. The molecule has 2 fully saturated rings. The van der Waals surface area contributed by atoms with Crippen LogP contribution >= 0.6 is 0 Å². The van der Waals surface area contributed by atoms with E-state index in [9.17, 15) is 14.4 Å². The molecule has 2 aliphatic heterocycles. The normalized spacial score (nSPS) is 19.7. The highest BCUT2D eigenvalue weighted by molar-refractivity contribution is 6.01. The van der Waals surface area contributed by atoms with Gasteiger partial charge in [-0.2, -0.15) is 0 Å². The molecule has 0 radical (unpaired) electrons. The third kappa shape index (κ3) is 3.69. The largest absolute Gasteiger partial charge is 0.324 e. The number of hydrogen-bond donors (Lipinski definition) is 1. The fourth-order valence-corrected chi connectivity index (χ4v) is 3.77. The van der Waals surface area contributed by atoms with Crippen LogP contribution in [0.1, 0.15) is 24.0 Å². The average molecular weight is 363 g/mol. The smallest absolute Gasteiger partial charge is 0.311 e. The molecule has 0 spiro atoms. The number of nitrogens with one attached hydrogen (secondary N) is 1. The topological polar surface area (TPSA) is 69.7 Å². The fourth-order valence-electron chi connectivity index (χ4n) is 3.77. The van der Waals surface area contributed by atoms with Crippen LogP contribution in [0.5, 0.6) is 0 Å². The van der Waals surface area contributed by atoms with E-state index in [2.05, 4.69) is 17.4 Å². The Balaban J connectivity index is 1.47. The summed E-state index contributed by atoms with van der Waals surface area (Å²) in [5.74, 6) is -0.128. The standard InChI is InChI=1S/C21H21N3O3/c25-19-14-23(21(27)22-19)13-16-6-8-17(9-7-16)24-18(10-11-20(24)26)12-15-4-2-1-3-5-15/h1-9,18H,10-14H2,(H,22,25,27)/t18-/m0/s1. The molecule has 2 saturated heterocycles. The first kappa shape index (κ1) is 17.3. The van der Waals surface area contributed by atoms with Gasteiger partial charge in [-0.3, -0.25) is 14.9 Å². The van der Waals surface area contributed by atoms with Crippen LogP contribution in [0.2, 0.25) is 0 Å². The van der Waals surface area contributed by atoms with E-state index in [0.717, 1.165) is 24.1 Å². The van der Waals surface area contributed by atoms with E-state index in [1.807, 2.05) is 47.4 Å². The Morgan fingerprint density at radius 3 is 2.33 bits per heavy atom. The third-order valence-electron chi connectivity index (χ3n) is 5.10. The molecule has 0 aliphatic carbocycles. The summed E-state index contributed by atoms with van der Waals surface area (Å²) in [4.78, 5) is 38.8. The van der Waals surface area contributed by atoms with Gasteiger partial charge in [0, 0.05) is 24.7 Å². The first-order chi connectivity index (χ1) is 13.1. The number of nitrogens with zero attached hydrogens (tertiary/aromatic N) is 2. The van der Waals surface area contributed by atoms with E-state index < -0.39 is 0 Å². The molecule has 2 heterocycles. The molecule has 4 rings (SSSR count). The van der Waals surface area contributed by atoms with Gasteiger partial charge in [-0.25, -0.2) is 4.79 Å². The van der Waals surface area contributed by atoms with Gasteiger partial charge in [-0.05, 0) is 36.1 Å². The number of urea groups is 1. The van der Waals surface area contributed by atoms with Crippen LogP contribution in [-0.4, -0.2) is 35.3 Å². The van der Waals surface area contributed by atoms with Gasteiger partial charge < -0.3 is 9.80 Å². The van der Waals surface area contributed by atoms with Gasteiger partial charge >= 0.3 is 6.03 Å². The molecule has 2 aromatic rings. The number of carbonyl (C=O) groups excluding carboxylic acids is 3. The Hall–Kier alpha value is -3.15. The third-order valence-corrected chi connectivity index (χ3v) is 5.10. The molecule has 0 aromatic heterocycles. The van der Waals surface area contributed by atoms with Crippen molar-refractivity contribution in [3.05, 3.63) is 65.7 Å². The predicted molar refractivity (Wildman–Crippen MR) is 101 cm³/mol. The van der Waals surface area contributed by atoms with Crippen molar-refractivity contribution in [1.29, 1.82) is 0 Å². The van der Waals surface area contributed by atoms with Gasteiger partial charge in [0.1, 0.15) is 6.54 Å². The predicted octanol–water partition coefficient (Wildman–Crippen LogP) is 2.48. The van der Waals surface area contributed by atoms with Gasteiger partial charge in [-0.1, -0.05) is 42.5 Å². The average Bonchev–Trinajstić information content (AvgIpc) is 3.18. The molecule has 1 N–H and O–H groups in total. The van der Waals surface area contributed by atoms with Gasteiger partial charge in [0.25, 0.3) is 0 Å². The fraction of sp³-hybridized carbons (Fsp3) is 0.286. The molecule has 4 amide bonds. The number of rotatable bonds is 5. The van der Waals surface area contributed by atoms with Crippen LogP contribution in [0, 0.1) is 0 Å². The van der Waals surface area contributed by atoms with E-state index in [0.29, 0.717) is 13.0 Å². The van der Waals surface area contributed by atoms with Crippen LogP contribution in [0.25, 0.3) is 0 Å². The lowest BCUT2D eigenvalue weighted by Crippen LogP contribution is -2.34. The second kappa shape index (κ2) is 7.23. The molecule has 0 saturated carbocycles. The first-order valence-corrected chi connectivity index (χ1v) is 9.14. The molecular weight excluding hydrogens is 342 g/mol. The van der Waals surface area contributed by atoms with E-state index in [-0.39, 0.29) is 30.4 Å². The van der Waals surface area contributed by atoms with Crippen LogP contribution < -0.4 is 10.2 Å². The molecular formula is C21H21N3O3. The summed E-state index contributed by atoms with van der Waals surface area (Å²) in [6.45, 7) is 0.462. The van der Waals surface area contributed by atoms with Crippen molar-refractivity contribution in [2.24, 2.45) is 0 Å². The number of benzene rings is 2. The van der Waals surface area contributed by atoms with Gasteiger partial charge in [-0.15, -0.1) is 0 Å². The van der Waals surface area contributed by atoms with Crippen molar-refractivity contribution in [3.8, 4) is 0 Å². The molecule has 1 atom stereocenters. The van der Waals surface area contributed by atoms with Gasteiger partial charge in [0.05, 0.1) is 0 Å². The summed E-state index contributed by atoms with van der Waals surface area (Å²) >= 11 is 0. The summed E-state index contributed by atoms with van der Waals surface area (Å²) < 4.78 is 0. The maximum Gasteiger partial charge on any atom is 0.324 e. The van der Waals surface area contributed by atoms with Crippen LogP contribution in [0.15, 0.2) is 54.6 Å². The van der Waals surface area contributed by atoms with Crippen molar-refractivity contribution in [2.75, 3.05) is 11.4 Å². The molecule has 6 heteroatoms. The lowest BCUT2D eigenvalue weighted by molar-refractivity contribution is -0.118. The molecule has 6 nitrogen and oxygen atoms in total. The minimum Gasteiger partial charge on any atom is -0.311 e. The Morgan fingerprint density at radius 1 is 0.926 bits per heavy atom. The molecule has 2 aliphatic rings. The quantitative estimate of drug-likeness (QED) is 0.830. The minimum absolute atomic E-state index is 0.0876. The maximum absolute atomic E-state index is 12.4. The van der Waals surface area contributed by atoms with Crippen molar-refractivity contribution >= 4 is 23.5 Å². The van der Waals surface area contributed by atoms with E-state index in [1.54, 1.807) is 0 Å². The zero-order valence-corrected chi connectivity index (χ0v) is 14.9. The van der Waals surface area contributed by atoms with Crippen molar-refractivity contribution in [1.82, 2.24) is 10.2 Å². The van der Waals surface area contributed by atoms with Crippen molar-refractivity contribution in [2.45, 2.75) is 31.8 Å². The van der Waals surface area contributed by atoms with Gasteiger partial charge in [0.2, 0.25) is 11.8 Å². The lowest BCUT2D eigenvalue weighted by atomic mass is 10.0. The summed E-state index contributed by atoms with van der Waals surface area (Å²) in [7, 11) is 0. The monoisotopic (exact) mass is 363 g/mol. The Kier molecular flexibility index (Phi) is 4.62. The highest BCUT2D eigenvalue weighted by Crippen LogP contribution is 2.29. The maximum atomic E-state index is 12.4. The highest BCUT2D eigenvalue weighted by Gasteiger charge is 2.32. The highest BCUT2D eigenvalue weighted by atomic mass is 16.2. The molecule has 2 aromatic carbocycles. The second-order valence-electron chi connectivity index (χ2n) is 7.02. The molecule has 138 valence electrons. The number of anilines is 1. The number of amides is 4. The Morgan fingerprint density at radius 2 is 1.67 bits per heavy atom. The van der Waals surface area contributed by atoms with Crippen LogP contribution in [-0.2, 0) is 22.6 Å². The van der Waals surface area contributed by atoms with Gasteiger partial charge in [0.15, 0.2) is 0 Å². The van der Waals surface area contributed by atoms with Crippen LogP contribution in [0.3, 0.4) is 0 Å².